The van der Waals surface area contributed by atoms with E-state index in [4.69, 9.17) is 11.6 Å². The molecule has 0 unspecified atom stereocenters. The molecule has 0 aliphatic heterocycles. The molecule has 2 amide bonds. The monoisotopic (exact) mass is 316 g/mol. The van der Waals surface area contributed by atoms with Gasteiger partial charge in [0.05, 0.1) is 10.7 Å². The van der Waals surface area contributed by atoms with Crippen molar-refractivity contribution in [2.24, 2.45) is 0 Å². The van der Waals surface area contributed by atoms with Gasteiger partial charge in [-0.1, -0.05) is 29.8 Å². The summed E-state index contributed by atoms with van der Waals surface area (Å²) in [6, 6.07) is 12.5. The largest absolute Gasteiger partial charge is 0.352 e. The molecule has 0 saturated heterocycles. The molecule has 0 aromatic heterocycles. The van der Waals surface area contributed by atoms with Crippen LogP contribution in [-0.4, -0.2) is 11.8 Å². The van der Waals surface area contributed by atoms with Crippen molar-refractivity contribution in [3.8, 4) is 0 Å². The summed E-state index contributed by atoms with van der Waals surface area (Å²) in [7, 11) is 0. The third-order valence-electron chi connectivity index (χ3n) is 3.13. The van der Waals surface area contributed by atoms with Crippen LogP contribution in [-0.2, 0) is 11.3 Å². The lowest BCUT2D eigenvalue weighted by Gasteiger charge is -2.09. The minimum Gasteiger partial charge on any atom is -0.352 e. The van der Waals surface area contributed by atoms with Gasteiger partial charge in [0.2, 0.25) is 5.91 Å². The molecule has 0 bridgehead atoms. The van der Waals surface area contributed by atoms with Crippen molar-refractivity contribution in [3.63, 3.8) is 0 Å². The van der Waals surface area contributed by atoms with Gasteiger partial charge in [-0.3, -0.25) is 9.59 Å². The van der Waals surface area contributed by atoms with Gasteiger partial charge >= 0.3 is 0 Å². The van der Waals surface area contributed by atoms with Crippen LogP contribution in [0.5, 0.6) is 0 Å². The number of aryl methyl sites for hydroxylation is 1. The van der Waals surface area contributed by atoms with Gasteiger partial charge in [-0.2, -0.15) is 0 Å². The van der Waals surface area contributed by atoms with E-state index in [-0.39, 0.29) is 11.8 Å². The van der Waals surface area contributed by atoms with Crippen LogP contribution in [0.15, 0.2) is 42.5 Å². The molecular formula is C17H17ClN2O2. The van der Waals surface area contributed by atoms with Gasteiger partial charge in [-0.15, -0.1) is 0 Å². The lowest BCUT2D eigenvalue weighted by atomic mass is 10.1. The van der Waals surface area contributed by atoms with Gasteiger partial charge in [-0.25, -0.2) is 0 Å². The highest BCUT2D eigenvalue weighted by atomic mass is 35.5. The first kappa shape index (κ1) is 16.0. The molecule has 0 saturated carbocycles. The predicted molar refractivity (Wildman–Crippen MR) is 88.1 cm³/mol. The quantitative estimate of drug-likeness (QED) is 0.906. The Kier molecular flexibility index (Phi) is 5.17. The molecule has 0 aliphatic carbocycles. The number of amides is 2. The summed E-state index contributed by atoms with van der Waals surface area (Å²) in [6.07, 6.45) is 0. The summed E-state index contributed by atoms with van der Waals surface area (Å²) < 4.78 is 0. The lowest BCUT2D eigenvalue weighted by molar-refractivity contribution is -0.119. The van der Waals surface area contributed by atoms with Crippen LogP contribution in [0.2, 0.25) is 5.02 Å². The molecule has 2 aromatic carbocycles. The van der Waals surface area contributed by atoms with Crippen molar-refractivity contribution in [1.82, 2.24) is 5.32 Å². The second-order valence-electron chi connectivity index (χ2n) is 5.04. The molecule has 0 atom stereocenters. The number of hydrogen-bond acceptors (Lipinski definition) is 2. The number of nitrogens with one attached hydrogen (secondary N) is 2. The van der Waals surface area contributed by atoms with E-state index in [2.05, 4.69) is 10.6 Å². The number of rotatable bonds is 4. The zero-order valence-electron chi connectivity index (χ0n) is 12.4. The number of hydrogen-bond donors (Lipinski definition) is 2. The van der Waals surface area contributed by atoms with E-state index in [9.17, 15) is 9.59 Å². The Hall–Kier alpha value is -2.33. The van der Waals surface area contributed by atoms with Crippen LogP contribution >= 0.6 is 11.6 Å². The van der Waals surface area contributed by atoms with E-state index in [1.807, 2.05) is 25.1 Å². The minimum atomic E-state index is -0.225. The highest BCUT2D eigenvalue weighted by Crippen LogP contribution is 2.23. The Morgan fingerprint density at radius 1 is 1.09 bits per heavy atom. The number of halogens is 1. The van der Waals surface area contributed by atoms with Crippen LogP contribution in [0, 0.1) is 6.92 Å². The number of carbonyl (C=O) groups is 2. The second kappa shape index (κ2) is 7.09. The van der Waals surface area contributed by atoms with E-state index in [1.54, 1.807) is 24.3 Å². The fourth-order valence-electron chi connectivity index (χ4n) is 1.92. The third kappa shape index (κ3) is 4.33. The van der Waals surface area contributed by atoms with Gasteiger partial charge in [0.15, 0.2) is 0 Å². The fraction of sp³-hybridized carbons (Fsp3) is 0.176. The molecule has 2 aromatic rings. The summed E-state index contributed by atoms with van der Waals surface area (Å²) in [6.45, 7) is 3.85. The Morgan fingerprint density at radius 3 is 2.36 bits per heavy atom. The first-order valence-electron chi connectivity index (χ1n) is 6.86. The smallest absolute Gasteiger partial charge is 0.255 e. The van der Waals surface area contributed by atoms with Crippen molar-refractivity contribution < 1.29 is 9.59 Å². The maximum Gasteiger partial charge on any atom is 0.255 e. The van der Waals surface area contributed by atoms with Crippen molar-refractivity contribution in [1.29, 1.82) is 0 Å². The SMILES string of the molecule is CC(=O)NCc1ccc(C(=O)Nc2ccc(C)cc2Cl)cc1. The maximum atomic E-state index is 12.2. The normalized spacial score (nSPS) is 10.1. The Labute approximate surface area is 134 Å². The van der Waals surface area contributed by atoms with E-state index < -0.39 is 0 Å². The predicted octanol–water partition coefficient (Wildman–Crippen LogP) is 3.54. The van der Waals surface area contributed by atoms with Crippen molar-refractivity contribution in [2.45, 2.75) is 20.4 Å². The molecule has 2 rings (SSSR count). The number of carbonyl (C=O) groups excluding carboxylic acids is 2. The van der Waals surface area contributed by atoms with Crippen LogP contribution in [0.4, 0.5) is 5.69 Å². The molecule has 2 N–H and O–H groups in total. The zero-order chi connectivity index (χ0) is 16.1. The Balaban J connectivity index is 2.04. The fourth-order valence-corrected chi connectivity index (χ4v) is 2.20. The summed E-state index contributed by atoms with van der Waals surface area (Å²) in [5.41, 5.74) is 3.08. The van der Waals surface area contributed by atoms with Crippen molar-refractivity contribution in [3.05, 3.63) is 64.2 Å². The molecule has 0 spiro atoms. The highest BCUT2D eigenvalue weighted by molar-refractivity contribution is 6.34. The second-order valence-corrected chi connectivity index (χ2v) is 5.45. The first-order chi connectivity index (χ1) is 10.5. The van der Waals surface area contributed by atoms with Gasteiger partial charge in [0.25, 0.3) is 5.91 Å². The number of anilines is 1. The van der Waals surface area contributed by atoms with E-state index in [0.29, 0.717) is 22.8 Å². The molecule has 0 aliphatic rings. The van der Waals surface area contributed by atoms with Crippen LogP contribution in [0.1, 0.15) is 28.4 Å². The van der Waals surface area contributed by atoms with Gasteiger partial charge in [-0.05, 0) is 42.3 Å². The van der Waals surface area contributed by atoms with E-state index in [0.717, 1.165) is 11.1 Å². The summed E-state index contributed by atoms with van der Waals surface area (Å²) in [5.74, 6) is -0.312. The molecule has 0 heterocycles. The number of benzene rings is 2. The van der Waals surface area contributed by atoms with Crippen LogP contribution < -0.4 is 10.6 Å². The first-order valence-corrected chi connectivity index (χ1v) is 7.24. The Morgan fingerprint density at radius 2 is 1.77 bits per heavy atom. The topological polar surface area (TPSA) is 58.2 Å². The van der Waals surface area contributed by atoms with Gasteiger partial charge in [0, 0.05) is 19.0 Å². The summed E-state index contributed by atoms with van der Waals surface area (Å²) >= 11 is 6.10. The molecule has 114 valence electrons. The molecule has 22 heavy (non-hydrogen) atoms. The third-order valence-corrected chi connectivity index (χ3v) is 3.44. The molecule has 0 radical (unpaired) electrons. The average molecular weight is 317 g/mol. The standard InChI is InChI=1S/C17H17ClN2O2/c1-11-3-8-16(15(18)9-11)20-17(22)14-6-4-13(5-7-14)10-19-12(2)21/h3-9H,10H2,1-2H3,(H,19,21)(H,20,22). The molecule has 0 fully saturated rings. The van der Waals surface area contributed by atoms with E-state index in [1.165, 1.54) is 6.92 Å². The van der Waals surface area contributed by atoms with Gasteiger partial charge < -0.3 is 10.6 Å². The zero-order valence-corrected chi connectivity index (χ0v) is 13.2. The Bertz CT molecular complexity index is 696. The maximum absolute atomic E-state index is 12.2. The van der Waals surface area contributed by atoms with Gasteiger partial charge in [0.1, 0.15) is 0 Å². The van der Waals surface area contributed by atoms with Crippen LogP contribution in [0.25, 0.3) is 0 Å². The van der Waals surface area contributed by atoms with E-state index >= 15 is 0 Å². The summed E-state index contributed by atoms with van der Waals surface area (Å²) in [4.78, 5) is 23.1. The lowest BCUT2D eigenvalue weighted by Crippen LogP contribution is -2.19. The molecule has 5 heteroatoms. The molecular weight excluding hydrogens is 300 g/mol. The van der Waals surface area contributed by atoms with Crippen molar-refractivity contribution >= 4 is 29.1 Å². The summed E-state index contributed by atoms with van der Waals surface area (Å²) in [5, 5.41) is 6.00. The van der Waals surface area contributed by atoms with Crippen molar-refractivity contribution in [2.75, 3.05) is 5.32 Å². The van der Waals surface area contributed by atoms with Crippen LogP contribution in [0.3, 0.4) is 0 Å². The average Bonchev–Trinajstić information content (AvgIpc) is 2.48. The minimum absolute atomic E-state index is 0.0872. The highest BCUT2D eigenvalue weighted by Gasteiger charge is 2.08. The molecule has 4 nitrogen and oxygen atoms in total.